The predicted octanol–water partition coefficient (Wildman–Crippen LogP) is 1.08. The molecular weight excluding hydrogens is 250 g/mol. The minimum Gasteiger partial charge on any atom is -0.314 e. The molecule has 0 unspecified atom stereocenters. The lowest BCUT2D eigenvalue weighted by molar-refractivity contribution is 0.414. The summed E-state index contributed by atoms with van der Waals surface area (Å²) in [5.74, 6) is 0. The zero-order valence-electron chi connectivity index (χ0n) is 11.6. The van der Waals surface area contributed by atoms with E-state index in [1.165, 1.54) is 0 Å². The molecule has 0 aromatic heterocycles. The van der Waals surface area contributed by atoms with Crippen LogP contribution >= 0.6 is 0 Å². The molecule has 18 heavy (non-hydrogen) atoms. The number of nitrogens with one attached hydrogen (secondary N) is 2. The molecule has 0 atom stereocenters. The van der Waals surface area contributed by atoms with Crippen LogP contribution in [0, 0.1) is 0 Å². The zero-order valence-corrected chi connectivity index (χ0v) is 12.4. The lowest BCUT2D eigenvalue weighted by Gasteiger charge is -2.20. The summed E-state index contributed by atoms with van der Waals surface area (Å²) in [5, 5.41) is 3.27. The van der Waals surface area contributed by atoms with E-state index in [9.17, 15) is 8.42 Å². The molecule has 0 aromatic carbocycles. The maximum absolute atomic E-state index is 12.0. The van der Waals surface area contributed by atoms with Crippen LogP contribution in [-0.4, -0.2) is 44.9 Å². The SMILES string of the molecule is CC(C)NCCCNS(=O)(=O)N1CCCCCC1. The average molecular weight is 277 g/mol. The fraction of sp³-hybridized carbons (Fsp3) is 1.00. The van der Waals surface area contributed by atoms with E-state index in [4.69, 9.17) is 0 Å². The van der Waals surface area contributed by atoms with E-state index in [0.29, 0.717) is 25.7 Å². The first-order valence-corrected chi connectivity index (χ1v) is 8.44. The van der Waals surface area contributed by atoms with Gasteiger partial charge in [-0.3, -0.25) is 0 Å². The Balaban J connectivity index is 2.25. The molecule has 0 radical (unpaired) electrons. The van der Waals surface area contributed by atoms with Crippen molar-refractivity contribution < 1.29 is 8.42 Å². The summed E-state index contributed by atoms with van der Waals surface area (Å²) in [6, 6.07) is 0.451. The average Bonchev–Trinajstić information content (AvgIpc) is 2.56. The summed E-state index contributed by atoms with van der Waals surface area (Å²) in [7, 11) is -3.25. The molecule has 1 aliphatic heterocycles. The van der Waals surface area contributed by atoms with Gasteiger partial charge in [0.15, 0.2) is 0 Å². The lowest BCUT2D eigenvalue weighted by Crippen LogP contribution is -2.42. The van der Waals surface area contributed by atoms with Crippen LogP contribution in [0.25, 0.3) is 0 Å². The van der Waals surface area contributed by atoms with Crippen molar-refractivity contribution in [2.75, 3.05) is 26.2 Å². The molecule has 1 heterocycles. The Hall–Kier alpha value is -0.170. The van der Waals surface area contributed by atoms with Crippen molar-refractivity contribution >= 4 is 10.2 Å². The summed E-state index contributed by atoms with van der Waals surface area (Å²) >= 11 is 0. The first kappa shape index (κ1) is 15.9. The second kappa shape index (κ2) is 8.09. The Morgan fingerprint density at radius 2 is 1.67 bits per heavy atom. The summed E-state index contributed by atoms with van der Waals surface area (Å²) in [6.07, 6.45) is 5.07. The van der Waals surface area contributed by atoms with Gasteiger partial charge in [-0.2, -0.15) is 12.7 Å². The highest BCUT2D eigenvalue weighted by atomic mass is 32.2. The van der Waals surface area contributed by atoms with Crippen molar-refractivity contribution in [3.63, 3.8) is 0 Å². The van der Waals surface area contributed by atoms with E-state index in [-0.39, 0.29) is 0 Å². The molecule has 0 aliphatic carbocycles. The fourth-order valence-corrected chi connectivity index (χ4v) is 3.38. The minimum absolute atomic E-state index is 0.451. The molecule has 0 spiro atoms. The Bertz CT molecular complexity index is 309. The first-order chi connectivity index (χ1) is 8.52. The molecular formula is C12H27N3O2S. The highest BCUT2D eigenvalue weighted by Crippen LogP contribution is 2.12. The Kier molecular flexibility index (Phi) is 7.14. The molecule has 6 heteroatoms. The van der Waals surface area contributed by atoms with Crippen LogP contribution in [0.2, 0.25) is 0 Å². The molecule has 108 valence electrons. The van der Waals surface area contributed by atoms with Gasteiger partial charge in [0.05, 0.1) is 0 Å². The van der Waals surface area contributed by atoms with Crippen molar-refractivity contribution in [1.29, 1.82) is 0 Å². The minimum atomic E-state index is -3.25. The van der Waals surface area contributed by atoms with Gasteiger partial charge in [0.1, 0.15) is 0 Å². The Morgan fingerprint density at radius 1 is 1.06 bits per heavy atom. The number of rotatable bonds is 7. The molecule has 0 saturated carbocycles. The molecule has 5 nitrogen and oxygen atoms in total. The van der Waals surface area contributed by atoms with Crippen LogP contribution in [0.3, 0.4) is 0 Å². The third-order valence-corrected chi connectivity index (χ3v) is 4.71. The third kappa shape index (κ3) is 6.13. The van der Waals surface area contributed by atoms with Gasteiger partial charge in [-0.05, 0) is 25.8 Å². The van der Waals surface area contributed by atoms with Crippen molar-refractivity contribution in [3.8, 4) is 0 Å². The van der Waals surface area contributed by atoms with E-state index in [2.05, 4.69) is 23.9 Å². The second-order valence-electron chi connectivity index (χ2n) is 5.18. The van der Waals surface area contributed by atoms with E-state index < -0.39 is 10.2 Å². The standard InChI is InChI=1S/C12H27N3O2S/c1-12(2)13-8-7-9-14-18(16,17)15-10-5-3-4-6-11-15/h12-14H,3-11H2,1-2H3. The molecule has 2 N–H and O–H groups in total. The summed E-state index contributed by atoms with van der Waals surface area (Å²) in [6.45, 7) is 6.86. The molecule has 1 rings (SSSR count). The summed E-state index contributed by atoms with van der Waals surface area (Å²) in [5.41, 5.74) is 0. The van der Waals surface area contributed by atoms with Gasteiger partial charge in [0, 0.05) is 25.7 Å². The van der Waals surface area contributed by atoms with Gasteiger partial charge in [-0.15, -0.1) is 0 Å². The fourth-order valence-electron chi connectivity index (χ4n) is 2.05. The number of hydrogen-bond donors (Lipinski definition) is 2. The van der Waals surface area contributed by atoms with Gasteiger partial charge in [-0.25, -0.2) is 4.72 Å². The smallest absolute Gasteiger partial charge is 0.279 e. The van der Waals surface area contributed by atoms with Crippen LogP contribution in [0.5, 0.6) is 0 Å². The van der Waals surface area contributed by atoms with E-state index in [0.717, 1.165) is 38.6 Å². The van der Waals surface area contributed by atoms with Gasteiger partial charge in [-0.1, -0.05) is 26.7 Å². The lowest BCUT2D eigenvalue weighted by atomic mass is 10.2. The normalized spacial score (nSPS) is 19.1. The van der Waals surface area contributed by atoms with Crippen LogP contribution in [0.1, 0.15) is 46.0 Å². The summed E-state index contributed by atoms with van der Waals surface area (Å²) < 4.78 is 28.3. The largest absolute Gasteiger partial charge is 0.314 e. The van der Waals surface area contributed by atoms with Crippen molar-refractivity contribution in [1.82, 2.24) is 14.3 Å². The number of nitrogens with zero attached hydrogens (tertiary/aromatic N) is 1. The maximum atomic E-state index is 12.0. The Morgan fingerprint density at radius 3 is 2.22 bits per heavy atom. The second-order valence-corrected chi connectivity index (χ2v) is 6.93. The predicted molar refractivity (Wildman–Crippen MR) is 74.7 cm³/mol. The van der Waals surface area contributed by atoms with Crippen molar-refractivity contribution in [2.45, 2.75) is 52.0 Å². The zero-order chi connectivity index (χ0) is 13.4. The van der Waals surface area contributed by atoms with Crippen LogP contribution in [0.15, 0.2) is 0 Å². The number of hydrogen-bond acceptors (Lipinski definition) is 3. The van der Waals surface area contributed by atoms with Crippen molar-refractivity contribution in [2.24, 2.45) is 0 Å². The van der Waals surface area contributed by atoms with E-state index in [1.54, 1.807) is 4.31 Å². The van der Waals surface area contributed by atoms with E-state index >= 15 is 0 Å². The Labute approximate surface area is 112 Å². The van der Waals surface area contributed by atoms with Crippen LogP contribution < -0.4 is 10.0 Å². The van der Waals surface area contributed by atoms with Crippen LogP contribution in [-0.2, 0) is 10.2 Å². The highest BCUT2D eigenvalue weighted by molar-refractivity contribution is 7.87. The topological polar surface area (TPSA) is 61.4 Å². The highest BCUT2D eigenvalue weighted by Gasteiger charge is 2.21. The third-order valence-electron chi connectivity index (χ3n) is 3.10. The first-order valence-electron chi connectivity index (χ1n) is 7.00. The molecule has 0 bridgehead atoms. The van der Waals surface area contributed by atoms with Gasteiger partial charge in [0.25, 0.3) is 10.2 Å². The van der Waals surface area contributed by atoms with Gasteiger partial charge in [0.2, 0.25) is 0 Å². The van der Waals surface area contributed by atoms with Crippen LogP contribution in [0.4, 0.5) is 0 Å². The summed E-state index contributed by atoms with van der Waals surface area (Å²) in [4.78, 5) is 0. The molecule has 0 aromatic rings. The van der Waals surface area contributed by atoms with Gasteiger partial charge < -0.3 is 5.32 Å². The van der Waals surface area contributed by atoms with Gasteiger partial charge >= 0.3 is 0 Å². The molecule has 1 saturated heterocycles. The quantitative estimate of drug-likeness (QED) is 0.685. The molecule has 1 aliphatic rings. The van der Waals surface area contributed by atoms with Crippen molar-refractivity contribution in [3.05, 3.63) is 0 Å². The maximum Gasteiger partial charge on any atom is 0.279 e. The molecule has 1 fully saturated rings. The molecule has 0 amide bonds. The van der Waals surface area contributed by atoms with E-state index in [1.807, 2.05) is 0 Å². The monoisotopic (exact) mass is 277 g/mol.